The van der Waals surface area contributed by atoms with Crippen LogP contribution in [0, 0.1) is 12.7 Å². The molecule has 6 heteroatoms. The first-order valence-electron chi connectivity index (χ1n) is 10.1. The molecule has 1 aromatic heterocycles. The van der Waals surface area contributed by atoms with E-state index in [2.05, 4.69) is 0 Å². The standard InChI is InChI=1S/C25H22FNO4/c1-3-16-7-10-17(11-8-16)22-21(23(28)18-9-6-15(2)20(26)13-18)24(29)25(30)27(22)14-19-5-4-12-31-19/h4-13,22,28H,3,14H2,1-2H3/b23-21+. The van der Waals surface area contributed by atoms with Gasteiger partial charge in [0.2, 0.25) is 0 Å². The Balaban J connectivity index is 1.86. The van der Waals surface area contributed by atoms with Crippen LogP contribution in [0.5, 0.6) is 0 Å². The van der Waals surface area contributed by atoms with Crippen LogP contribution in [-0.4, -0.2) is 21.7 Å². The summed E-state index contributed by atoms with van der Waals surface area (Å²) in [6.45, 7) is 3.71. The molecular formula is C25H22FNO4. The third-order valence-electron chi connectivity index (χ3n) is 5.60. The van der Waals surface area contributed by atoms with Crippen molar-refractivity contribution in [1.82, 2.24) is 4.90 Å². The number of aliphatic hydroxyl groups is 1. The third-order valence-corrected chi connectivity index (χ3v) is 5.60. The molecule has 3 aromatic rings. The summed E-state index contributed by atoms with van der Waals surface area (Å²) in [6.07, 6.45) is 2.33. The largest absolute Gasteiger partial charge is 0.507 e. The minimum absolute atomic E-state index is 0.0657. The van der Waals surface area contributed by atoms with E-state index in [0.717, 1.165) is 12.0 Å². The summed E-state index contributed by atoms with van der Waals surface area (Å²) in [5.41, 5.74) is 2.28. The topological polar surface area (TPSA) is 70.8 Å². The zero-order valence-corrected chi connectivity index (χ0v) is 17.3. The van der Waals surface area contributed by atoms with Crippen molar-refractivity contribution in [2.24, 2.45) is 0 Å². The van der Waals surface area contributed by atoms with Gasteiger partial charge in [0.05, 0.1) is 24.4 Å². The molecular weight excluding hydrogens is 397 g/mol. The highest BCUT2D eigenvalue weighted by atomic mass is 19.1. The fourth-order valence-corrected chi connectivity index (χ4v) is 3.79. The number of aliphatic hydroxyl groups excluding tert-OH is 1. The molecule has 0 spiro atoms. The lowest BCUT2D eigenvalue weighted by atomic mass is 9.94. The van der Waals surface area contributed by atoms with E-state index in [0.29, 0.717) is 16.9 Å². The van der Waals surface area contributed by atoms with E-state index in [4.69, 9.17) is 4.42 Å². The monoisotopic (exact) mass is 419 g/mol. The molecule has 1 unspecified atom stereocenters. The van der Waals surface area contributed by atoms with Crippen molar-refractivity contribution < 1.29 is 23.5 Å². The number of amides is 1. The van der Waals surface area contributed by atoms with Gasteiger partial charge in [-0.3, -0.25) is 9.59 Å². The third kappa shape index (κ3) is 3.77. The first-order valence-corrected chi connectivity index (χ1v) is 10.1. The molecule has 1 amide bonds. The van der Waals surface area contributed by atoms with E-state index in [9.17, 15) is 19.1 Å². The number of hydrogen-bond donors (Lipinski definition) is 1. The second-order valence-electron chi connectivity index (χ2n) is 7.57. The van der Waals surface area contributed by atoms with Crippen LogP contribution in [0.1, 0.15) is 41.0 Å². The lowest BCUT2D eigenvalue weighted by Gasteiger charge is -2.24. The van der Waals surface area contributed by atoms with Crippen LogP contribution in [0.25, 0.3) is 5.76 Å². The van der Waals surface area contributed by atoms with Crippen LogP contribution < -0.4 is 0 Å². The van der Waals surface area contributed by atoms with Crippen molar-refractivity contribution in [3.8, 4) is 0 Å². The van der Waals surface area contributed by atoms with Crippen LogP contribution >= 0.6 is 0 Å². The van der Waals surface area contributed by atoms with Gasteiger partial charge in [0, 0.05) is 5.56 Å². The van der Waals surface area contributed by atoms with Gasteiger partial charge in [-0.15, -0.1) is 0 Å². The number of Topliss-reactive ketones (excluding diaryl/α,β-unsaturated/α-hetero) is 1. The molecule has 1 N–H and O–H groups in total. The lowest BCUT2D eigenvalue weighted by molar-refractivity contribution is -0.140. The van der Waals surface area contributed by atoms with Crippen LogP contribution in [0.2, 0.25) is 0 Å². The highest BCUT2D eigenvalue weighted by Gasteiger charge is 2.46. The molecule has 31 heavy (non-hydrogen) atoms. The molecule has 0 aliphatic carbocycles. The Kier molecular flexibility index (Phi) is 5.46. The van der Waals surface area contributed by atoms with E-state index < -0.39 is 29.3 Å². The number of carbonyl (C=O) groups excluding carboxylic acids is 2. The van der Waals surface area contributed by atoms with E-state index in [1.807, 2.05) is 31.2 Å². The Bertz CT molecular complexity index is 1160. The second-order valence-corrected chi connectivity index (χ2v) is 7.57. The van der Waals surface area contributed by atoms with Crippen molar-refractivity contribution in [2.75, 3.05) is 0 Å². The molecule has 2 aromatic carbocycles. The van der Waals surface area contributed by atoms with Crippen molar-refractivity contribution in [3.63, 3.8) is 0 Å². The van der Waals surface area contributed by atoms with Gasteiger partial charge in [-0.1, -0.05) is 43.3 Å². The fraction of sp³-hybridized carbons (Fsp3) is 0.200. The van der Waals surface area contributed by atoms with Crippen molar-refractivity contribution in [1.29, 1.82) is 0 Å². The zero-order chi connectivity index (χ0) is 22.1. The summed E-state index contributed by atoms with van der Waals surface area (Å²) < 4.78 is 19.5. The molecule has 5 nitrogen and oxygen atoms in total. The fourth-order valence-electron chi connectivity index (χ4n) is 3.79. The number of hydrogen-bond acceptors (Lipinski definition) is 4. The number of benzene rings is 2. The Morgan fingerprint density at radius 2 is 1.87 bits per heavy atom. The van der Waals surface area contributed by atoms with Gasteiger partial charge in [0.15, 0.2) is 0 Å². The summed E-state index contributed by atoms with van der Waals surface area (Å²) in [5.74, 6) is -1.94. The first kappa shape index (κ1) is 20.6. The van der Waals surface area contributed by atoms with Gasteiger partial charge >= 0.3 is 0 Å². The molecule has 2 heterocycles. The van der Waals surface area contributed by atoms with E-state index >= 15 is 0 Å². The first-order chi connectivity index (χ1) is 14.9. The maximum absolute atomic E-state index is 14.1. The van der Waals surface area contributed by atoms with Crippen molar-refractivity contribution >= 4 is 17.4 Å². The van der Waals surface area contributed by atoms with E-state index in [1.54, 1.807) is 19.1 Å². The van der Waals surface area contributed by atoms with Gasteiger partial charge < -0.3 is 14.4 Å². The molecule has 0 saturated carbocycles. The van der Waals surface area contributed by atoms with Gasteiger partial charge in [0.25, 0.3) is 11.7 Å². The average Bonchev–Trinajstić information content (AvgIpc) is 3.38. The van der Waals surface area contributed by atoms with E-state index in [1.165, 1.54) is 29.4 Å². The lowest BCUT2D eigenvalue weighted by Crippen LogP contribution is -2.29. The number of carbonyl (C=O) groups is 2. The number of furan rings is 1. The van der Waals surface area contributed by atoms with Crippen molar-refractivity contribution in [2.45, 2.75) is 32.9 Å². The maximum atomic E-state index is 14.1. The smallest absolute Gasteiger partial charge is 0.296 e. The highest BCUT2D eigenvalue weighted by molar-refractivity contribution is 6.46. The van der Waals surface area contributed by atoms with Crippen LogP contribution in [0.15, 0.2) is 70.9 Å². The van der Waals surface area contributed by atoms with Crippen LogP contribution in [0.4, 0.5) is 4.39 Å². The summed E-state index contributed by atoms with van der Waals surface area (Å²) in [7, 11) is 0. The van der Waals surface area contributed by atoms with Gasteiger partial charge in [-0.25, -0.2) is 4.39 Å². The molecule has 1 saturated heterocycles. The predicted octanol–water partition coefficient (Wildman–Crippen LogP) is 4.91. The Morgan fingerprint density at radius 3 is 2.48 bits per heavy atom. The Labute approximate surface area is 179 Å². The van der Waals surface area contributed by atoms with E-state index in [-0.39, 0.29) is 17.7 Å². The quantitative estimate of drug-likeness (QED) is 0.362. The Morgan fingerprint density at radius 1 is 1.13 bits per heavy atom. The number of likely N-dealkylation sites (tertiary alicyclic amines) is 1. The van der Waals surface area contributed by atoms with Crippen LogP contribution in [-0.2, 0) is 22.6 Å². The van der Waals surface area contributed by atoms with Gasteiger partial charge in [0.1, 0.15) is 17.3 Å². The molecule has 4 rings (SSSR count). The van der Waals surface area contributed by atoms with Crippen molar-refractivity contribution in [3.05, 3.63) is 100 Å². The summed E-state index contributed by atoms with van der Waals surface area (Å²) in [6, 6.07) is 14.3. The molecule has 1 aliphatic rings. The summed E-state index contributed by atoms with van der Waals surface area (Å²) in [4.78, 5) is 27.3. The maximum Gasteiger partial charge on any atom is 0.296 e. The molecule has 0 bridgehead atoms. The number of halogens is 1. The number of nitrogens with zero attached hydrogens (tertiary/aromatic N) is 1. The SMILES string of the molecule is CCc1ccc(C2/C(=C(\O)c3ccc(C)c(F)c3)C(=O)C(=O)N2Cc2ccco2)cc1. The number of aryl methyl sites for hydroxylation is 2. The highest BCUT2D eigenvalue weighted by Crippen LogP contribution is 2.40. The average molecular weight is 419 g/mol. The Hall–Kier alpha value is -3.67. The minimum atomic E-state index is -0.819. The van der Waals surface area contributed by atoms with Crippen LogP contribution in [0.3, 0.4) is 0 Å². The minimum Gasteiger partial charge on any atom is -0.507 e. The van der Waals surface area contributed by atoms with Gasteiger partial charge in [-0.05, 0) is 48.2 Å². The molecule has 158 valence electrons. The van der Waals surface area contributed by atoms with Gasteiger partial charge in [-0.2, -0.15) is 0 Å². The molecule has 1 aliphatic heterocycles. The zero-order valence-electron chi connectivity index (χ0n) is 17.3. The number of ketones is 1. The molecule has 1 fully saturated rings. The normalized spacial score (nSPS) is 18.0. The summed E-state index contributed by atoms with van der Waals surface area (Å²) >= 11 is 0. The summed E-state index contributed by atoms with van der Waals surface area (Å²) in [5, 5.41) is 11.0. The molecule has 0 radical (unpaired) electrons. The molecule has 1 atom stereocenters. The second kappa shape index (κ2) is 8.22. The predicted molar refractivity (Wildman–Crippen MR) is 114 cm³/mol. The number of rotatable bonds is 5.